The number of hydrogen-bond acceptors (Lipinski definition) is 4. The fourth-order valence-corrected chi connectivity index (χ4v) is 8.75. The molecule has 1 aliphatic heterocycles. The topological polar surface area (TPSA) is 47.9 Å². The summed E-state index contributed by atoms with van der Waals surface area (Å²) in [7, 11) is 0. The predicted molar refractivity (Wildman–Crippen MR) is 224 cm³/mol. The van der Waals surface area contributed by atoms with Crippen molar-refractivity contribution in [3.63, 3.8) is 0 Å². The third-order valence-corrected chi connectivity index (χ3v) is 11.2. The molecule has 11 rings (SSSR count). The number of benzene rings is 8. The van der Waals surface area contributed by atoms with Crippen LogP contribution >= 0.6 is 0 Å². The normalized spacial score (nSPS) is 12.9. The fraction of sp³-hybridized carbons (Fsp3) is 0.0192. The average Bonchev–Trinajstić information content (AvgIpc) is 3.57. The molecule has 0 unspecified atom stereocenters. The summed E-state index contributed by atoms with van der Waals surface area (Å²) in [5.74, 6) is 3.70. The zero-order chi connectivity index (χ0) is 37.1. The van der Waals surface area contributed by atoms with E-state index in [1.54, 1.807) is 0 Å². The van der Waals surface area contributed by atoms with Crippen molar-refractivity contribution in [3.8, 4) is 79.0 Å². The van der Waals surface area contributed by atoms with Crippen molar-refractivity contribution in [1.29, 1.82) is 0 Å². The van der Waals surface area contributed by atoms with Crippen LogP contribution in [0.1, 0.15) is 22.3 Å². The first-order valence-electron chi connectivity index (χ1n) is 18.9. The minimum absolute atomic E-state index is 0.522. The Morgan fingerprint density at radius 3 is 1.25 bits per heavy atom. The highest BCUT2D eigenvalue weighted by atomic mass is 16.5. The van der Waals surface area contributed by atoms with E-state index in [4.69, 9.17) is 19.7 Å². The van der Waals surface area contributed by atoms with Gasteiger partial charge >= 0.3 is 0 Å². The number of ether oxygens (including phenoxy) is 1. The van der Waals surface area contributed by atoms with Gasteiger partial charge in [0, 0.05) is 27.8 Å². The van der Waals surface area contributed by atoms with E-state index in [1.807, 2.05) is 60.7 Å². The first kappa shape index (κ1) is 32.0. The summed E-state index contributed by atoms with van der Waals surface area (Å²) in [5, 5.41) is 0. The largest absolute Gasteiger partial charge is 0.457 e. The number of fused-ring (bicyclic) bond motifs is 9. The maximum Gasteiger partial charge on any atom is 0.164 e. The summed E-state index contributed by atoms with van der Waals surface area (Å²) in [6.07, 6.45) is 0. The van der Waals surface area contributed by atoms with Gasteiger partial charge in [-0.15, -0.1) is 0 Å². The second-order valence-corrected chi connectivity index (χ2v) is 14.3. The molecule has 56 heavy (non-hydrogen) atoms. The van der Waals surface area contributed by atoms with E-state index in [0.717, 1.165) is 61.6 Å². The molecule has 0 fully saturated rings. The standard InChI is InChI=1S/C52H33N3O/c1-3-15-35(16-4-1)49-53-50(36-17-5-2-6-18-36)55-51(54-49)37-29-27-34(28-30-37)39-19-7-8-20-40(39)38-31-32-48-46(33-38)52(45-25-13-14-26-47(45)56-48)43-23-11-9-21-41(43)42-22-10-12-24-44(42)52/h1-33H. The molecule has 0 amide bonds. The SMILES string of the molecule is c1ccc(-c2nc(-c3ccccc3)nc(-c3ccc(-c4ccccc4-c4ccc5c(c4)C4(c6ccccc6O5)c5ccccc5-c5ccccc54)cc3)n2)cc1. The lowest BCUT2D eigenvalue weighted by molar-refractivity contribution is 0.436. The highest BCUT2D eigenvalue weighted by Gasteiger charge is 2.51. The lowest BCUT2D eigenvalue weighted by Crippen LogP contribution is -2.32. The van der Waals surface area contributed by atoms with Gasteiger partial charge in [0.15, 0.2) is 17.5 Å². The molecule has 0 saturated heterocycles. The lowest BCUT2D eigenvalue weighted by Gasteiger charge is -2.39. The zero-order valence-electron chi connectivity index (χ0n) is 30.3. The number of aromatic nitrogens is 3. The smallest absolute Gasteiger partial charge is 0.164 e. The Labute approximate surface area is 325 Å². The van der Waals surface area contributed by atoms with Crippen LogP contribution in [0.4, 0.5) is 0 Å². The summed E-state index contributed by atoms with van der Waals surface area (Å²) in [4.78, 5) is 14.8. The van der Waals surface area contributed by atoms with Crippen LogP contribution < -0.4 is 4.74 Å². The Balaban J connectivity index is 1.03. The van der Waals surface area contributed by atoms with Gasteiger partial charge < -0.3 is 4.74 Å². The molecule has 2 heterocycles. The first-order valence-corrected chi connectivity index (χ1v) is 18.9. The Morgan fingerprint density at radius 1 is 0.286 bits per heavy atom. The van der Waals surface area contributed by atoms with Crippen molar-refractivity contribution in [3.05, 3.63) is 222 Å². The van der Waals surface area contributed by atoms with Crippen LogP contribution in [0, 0.1) is 0 Å². The molecule has 4 heteroatoms. The second kappa shape index (κ2) is 12.9. The molecule has 8 aromatic carbocycles. The highest BCUT2D eigenvalue weighted by molar-refractivity contribution is 5.90. The van der Waals surface area contributed by atoms with Gasteiger partial charge in [0.2, 0.25) is 0 Å². The average molecular weight is 716 g/mol. The van der Waals surface area contributed by atoms with Crippen LogP contribution in [0.25, 0.3) is 67.5 Å². The van der Waals surface area contributed by atoms with Gasteiger partial charge in [-0.25, -0.2) is 15.0 Å². The predicted octanol–water partition coefficient (Wildman–Crippen LogP) is 12.7. The van der Waals surface area contributed by atoms with Crippen LogP contribution in [0.15, 0.2) is 200 Å². The monoisotopic (exact) mass is 715 g/mol. The van der Waals surface area contributed by atoms with E-state index < -0.39 is 5.41 Å². The number of rotatable bonds is 5. The molecule has 0 atom stereocenters. The van der Waals surface area contributed by atoms with Gasteiger partial charge in [-0.2, -0.15) is 0 Å². The van der Waals surface area contributed by atoms with Gasteiger partial charge in [-0.05, 0) is 62.7 Å². The van der Waals surface area contributed by atoms with Crippen LogP contribution in [0.5, 0.6) is 11.5 Å². The number of para-hydroxylation sites is 1. The quantitative estimate of drug-likeness (QED) is 0.178. The minimum Gasteiger partial charge on any atom is -0.457 e. The van der Waals surface area contributed by atoms with E-state index in [0.29, 0.717) is 17.5 Å². The molecule has 1 aromatic heterocycles. The maximum atomic E-state index is 6.71. The number of nitrogens with zero attached hydrogens (tertiary/aromatic N) is 3. The molecule has 4 nitrogen and oxygen atoms in total. The number of hydrogen-bond donors (Lipinski definition) is 0. The highest BCUT2D eigenvalue weighted by Crippen LogP contribution is 2.62. The van der Waals surface area contributed by atoms with Gasteiger partial charge in [-0.3, -0.25) is 0 Å². The Kier molecular flexibility index (Phi) is 7.36. The van der Waals surface area contributed by atoms with Gasteiger partial charge in [0.05, 0.1) is 5.41 Å². The Bertz CT molecular complexity index is 2840. The van der Waals surface area contributed by atoms with Crippen LogP contribution in [-0.2, 0) is 5.41 Å². The lowest BCUT2D eigenvalue weighted by atomic mass is 9.65. The van der Waals surface area contributed by atoms with Crippen molar-refractivity contribution in [2.45, 2.75) is 5.41 Å². The molecule has 0 radical (unpaired) electrons. The van der Waals surface area contributed by atoms with Crippen molar-refractivity contribution in [1.82, 2.24) is 15.0 Å². The van der Waals surface area contributed by atoms with Gasteiger partial charge in [0.25, 0.3) is 0 Å². The summed E-state index contributed by atoms with van der Waals surface area (Å²) in [6.45, 7) is 0. The molecule has 262 valence electrons. The molecule has 0 saturated carbocycles. The molecule has 0 bridgehead atoms. The van der Waals surface area contributed by atoms with E-state index in [-0.39, 0.29) is 0 Å². The van der Waals surface area contributed by atoms with Gasteiger partial charge in [0.1, 0.15) is 11.5 Å². The maximum absolute atomic E-state index is 6.71. The van der Waals surface area contributed by atoms with Gasteiger partial charge in [-0.1, -0.05) is 182 Å². The van der Waals surface area contributed by atoms with E-state index in [2.05, 4.69) is 140 Å². The van der Waals surface area contributed by atoms with Crippen LogP contribution in [-0.4, -0.2) is 15.0 Å². The molecule has 9 aromatic rings. The molecule has 2 aliphatic rings. The Hall–Kier alpha value is -7.43. The van der Waals surface area contributed by atoms with Crippen molar-refractivity contribution in [2.24, 2.45) is 0 Å². The third kappa shape index (κ3) is 4.96. The zero-order valence-corrected chi connectivity index (χ0v) is 30.3. The second-order valence-electron chi connectivity index (χ2n) is 14.3. The molecule has 1 aliphatic carbocycles. The van der Waals surface area contributed by atoms with Crippen molar-refractivity contribution < 1.29 is 4.74 Å². The third-order valence-electron chi connectivity index (χ3n) is 11.2. The molecular formula is C52H33N3O. The summed E-state index contributed by atoms with van der Waals surface area (Å²) < 4.78 is 6.71. The fourth-order valence-electron chi connectivity index (χ4n) is 8.75. The molecular weight excluding hydrogens is 683 g/mol. The van der Waals surface area contributed by atoms with E-state index in [1.165, 1.54) is 22.3 Å². The summed E-state index contributed by atoms with van der Waals surface area (Å²) in [6, 6.07) is 70.3. The summed E-state index contributed by atoms with van der Waals surface area (Å²) >= 11 is 0. The van der Waals surface area contributed by atoms with Crippen LogP contribution in [0.2, 0.25) is 0 Å². The molecule has 1 spiro atoms. The van der Waals surface area contributed by atoms with Crippen molar-refractivity contribution >= 4 is 0 Å². The first-order chi connectivity index (χ1) is 27.8. The van der Waals surface area contributed by atoms with E-state index >= 15 is 0 Å². The Morgan fingerprint density at radius 2 is 0.679 bits per heavy atom. The minimum atomic E-state index is -0.522. The van der Waals surface area contributed by atoms with E-state index in [9.17, 15) is 0 Å². The molecule has 0 N–H and O–H groups in total. The van der Waals surface area contributed by atoms with Crippen molar-refractivity contribution in [2.75, 3.05) is 0 Å². The van der Waals surface area contributed by atoms with Crippen LogP contribution in [0.3, 0.4) is 0 Å². The summed E-state index contributed by atoms with van der Waals surface area (Å²) in [5.41, 5.74) is 14.2.